The van der Waals surface area contributed by atoms with Crippen LogP contribution in [-0.2, 0) is 17.9 Å². The molecule has 3 N–H and O–H groups in total. The van der Waals surface area contributed by atoms with Crippen LogP contribution < -0.4 is 16.8 Å². The highest BCUT2D eigenvalue weighted by Gasteiger charge is 2.14. The van der Waals surface area contributed by atoms with Crippen molar-refractivity contribution in [3.05, 3.63) is 64.6 Å². The molecule has 22 heavy (non-hydrogen) atoms. The van der Waals surface area contributed by atoms with E-state index in [1.807, 2.05) is 30.3 Å². The topological polar surface area (TPSA) is 90.3 Å². The molecule has 0 aliphatic heterocycles. The molecular formula is C16H15N3O3. The molecule has 1 amide bonds. The summed E-state index contributed by atoms with van der Waals surface area (Å²) in [7, 11) is 0. The molecule has 0 saturated carbocycles. The van der Waals surface area contributed by atoms with Gasteiger partial charge in [-0.05, 0) is 17.7 Å². The van der Waals surface area contributed by atoms with E-state index >= 15 is 0 Å². The van der Waals surface area contributed by atoms with Crippen molar-refractivity contribution in [2.24, 2.45) is 0 Å². The minimum absolute atomic E-state index is 0.132. The van der Waals surface area contributed by atoms with Crippen LogP contribution in [0.1, 0.15) is 5.56 Å². The van der Waals surface area contributed by atoms with Gasteiger partial charge in [0.2, 0.25) is 5.91 Å². The van der Waals surface area contributed by atoms with Gasteiger partial charge in [-0.15, -0.1) is 0 Å². The fourth-order valence-corrected chi connectivity index (χ4v) is 2.29. The Kier molecular flexibility index (Phi) is 3.65. The number of para-hydroxylation sites is 1. The number of hydrogen-bond donors (Lipinski definition) is 2. The summed E-state index contributed by atoms with van der Waals surface area (Å²) in [6.45, 7) is 0.270. The number of carbonyl (C=O) groups excluding carboxylic acids is 1. The van der Waals surface area contributed by atoms with Gasteiger partial charge in [-0.2, -0.15) is 0 Å². The number of anilines is 1. The summed E-state index contributed by atoms with van der Waals surface area (Å²) in [5.41, 5.74) is 8.07. The number of rotatable bonds is 4. The first-order valence-corrected chi connectivity index (χ1v) is 6.83. The van der Waals surface area contributed by atoms with Crippen molar-refractivity contribution in [2.75, 3.05) is 5.73 Å². The number of nitrogens with zero attached hydrogens (tertiary/aromatic N) is 1. The van der Waals surface area contributed by atoms with Gasteiger partial charge in [0.1, 0.15) is 12.1 Å². The van der Waals surface area contributed by atoms with Crippen LogP contribution in [-0.4, -0.2) is 10.5 Å². The van der Waals surface area contributed by atoms with E-state index in [2.05, 4.69) is 5.32 Å². The molecule has 2 aromatic carbocycles. The lowest BCUT2D eigenvalue weighted by molar-refractivity contribution is -0.121. The van der Waals surface area contributed by atoms with Crippen LogP contribution >= 0.6 is 0 Å². The largest absolute Gasteiger partial charge is 0.420 e. The molecule has 0 saturated heterocycles. The number of carbonyl (C=O) groups is 1. The molecule has 0 spiro atoms. The van der Waals surface area contributed by atoms with Gasteiger partial charge in [0.25, 0.3) is 0 Å². The third-order valence-corrected chi connectivity index (χ3v) is 3.35. The fraction of sp³-hybridized carbons (Fsp3) is 0.125. The van der Waals surface area contributed by atoms with Crippen LogP contribution in [0, 0.1) is 0 Å². The Hall–Kier alpha value is -3.02. The fourth-order valence-electron chi connectivity index (χ4n) is 2.29. The lowest BCUT2D eigenvalue weighted by Gasteiger charge is -2.06. The van der Waals surface area contributed by atoms with Crippen molar-refractivity contribution in [2.45, 2.75) is 13.1 Å². The number of nitrogens with one attached hydrogen (secondary N) is 1. The van der Waals surface area contributed by atoms with E-state index in [1.165, 1.54) is 4.57 Å². The molecule has 6 nitrogen and oxygen atoms in total. The highest BCUT2D eigenvalue weighted by molar-refractivity contribution is 5.87. The number of nitrogens with two attached hydrogens (primary N) is 1. The summed E-state index contributed by atoms with van der Waals surface area (Å²) < 4.78 is 6.33. The van der Waals surface area contributed by atoms with Crippen LogP contribution in [0.3, 0.4) is 0 Å². The molecule has 0 aliphatic rings. The first-order valence-electron chi connectivity index (χ1n) is 6.83. The van der Waals surface area contributed by atoms with Crippen LogP contribution in [0.25, 0.3) is 11.1 Å². The van der Waals surface area contributed by atoms with Crippen molar-refractivity contribution in [1.29, 1.82) is 0 Å². The zero-order valence-electron chi connectivity index (χ0n) is 11.8. The van der Waals surface area contributed by atoms with Crippen molar-refractivity contribution in [3.8, 4) is 0 Å². The highest BCUT2D eigenvalue weighted by Crippen LogP contribution is 2.19. The number of fused-ring (bicyclic) bond motifs is 1. The third-order valence-electron chi connectivity index (χ3n) is 3.35. The zero-order valence-corrected chi connectivity index (χ0v) is 11.8. The Morgan fingerprint density at radius 3 is 2.68 bits per heavy atom. The smallest absolute Gasteiger partial charge is 0.408 e. The molecule has 1 heterocycles. The number of benzene rings is 2. The Labute approximate surface area is 126 Å². The molecule has 0 atom stereocenters. The van der Waals surface area contributed by atoms with Crippen LogP contribution in [0.5, 0.6) is 0 Å². The maximum atomic E-state index is 12.0. The molecule has 112 valence electrons. The molecule has 0 radical (unpaired) electrons. The molecule has 0 fully saturated rings. The normalized spacial score (nSPS) is 10.7. The van der Waals surface area contributed by atoms with Gasteiger partial charge < -0.3 is 15.5 Å². The molecule has 0 aliphatic carbocycles. The second-order valence-corrected chi connectivity index (χ2v) is 4.91. The number of nitrogen functional groups attached to an aromatic ring is 1. The summed E-state index contributed by atoms with van der Waals surface area (Å²) in [6.07, 6.45) is 0. The molecular weight excluding hydrogens is 282 g/mol. The quantitative estimate of drug-likeness (QED) is 0.714. The molecule has 6 heteroatoms. The second kappa shape index (κ2) is 5.77. The van der Waals surface area contributed by atoms with Crippen molar-refractivity contribution in [1.82, 2.24) is 9.88 Å². The first kappa shape index (κ1) is 13.9. The Morgan fingerprint density at radius 2 is 1.91 bits per heavy atom. The highest BCUT2D eigenvalue weighted by atomic mass is 16.4. The van der Waals surface area contributed by atoms with Crippen molar-refractivity contribution < 1.29 is 9.21 Å². The molecule has 3 aromatic rings. The molecule has 0 bridgehead atoms. The van der Waals surface area contributed by atoms with Crippen molar-refractivity contribution >= 4 is 22.7 Å². The average Bonchev–Trinajstić information content (AvgIpc) is 2.83. The van der Waals surface area contributed by atoms with E-state index in [-0.39, 0.29) is 12.5 Å². The van der Waals surface area contributed by atoms with Gasteiger partial charge in [-0.1, -0.05) is 36.4 Å². The van der Waals surface area contributed by atoms with E-state index in [0.29, 0.717) is 23.3 Å². The maximum Gasteiger partial charge on any atom is 0.420 e. The molecule has 3 rings (SSSR count). The molecule has 0 unspecified atom stereocenters. The van der Waals surface area contributed by atoms with E-state index in [1.54, 1.807) is 18.2 Å². The summed E-state index contributed by atoms with van der Waals surface area (Å²) in [6, 6.07) is 14.5. The average molecular weight is 297 g/mol. The lowest BCUT2D eigenvalue weighted by Crippen LogP contribution is -2.30. The van der Waals surface area contributed by atoms with E-state index in [4.69, 9.17) is 10.2 Å². The first-order chi connectivity index (χ1) is 10.6. The SMILES string of the molecule is Nc1cccc2oc(=O)n(CC(=O)NCc3ccccc3)c12. The van der Waals surface area contributed by atoms with Crippen LogP contribution in [0.15, 0.2) is 57.7 Å². The van der Waals surface area contributed by atoms with Gasteiger partial charge in [0, 0.05) is 6.54 Å². The Bertz CT molecular complexity index is 865. The summed E-state index contributed by atoms with van der Waals surface area (Å²) in [5, 5.41) is 2.77. The number of aromatic nitrogens is 1. The summed E-state index contributed by atoms with van der Waals surface area (Å²) >= 11 is 0. The standard InChI is InChI=1S/C16H15N3O3/c17-12-7-4-8-13-15(12)19(16(21)22-13)10-14(20)18-9-11-5-2-1-3-6-11/h1-8H,9-10,17H2,(H,18,20). The minimum Gasteiger partial charge on any atom is -0.408 e. The predicted molar refractivity (Wildman–Crippen MR) is 83.2 cm³/mol. The van der Waals surface area contributed by atoms with Gasteiger partial charge in [0.05, 0.1) is 5.69 Å². The predicted octanol–water partition coefficient (Wildman–Crippen LogP) is 1.49. The number of oxazole rings is 1. The summed E-state index contributed by atoms with van der Waals surface area (Å²) in [5.74, 6) is -0.875. The number of amides is 1. The van der Waals surface area contributed by atoms with Crippen molar-refractivity contribution in [3.63, 3.8) is 0 Å². The monoisotopic (exact) mass is 297 g/mol. The molecule has 1 aromatic heterocycles. The van der Waals surface area contributed by atoms with Crippen LogP contribution in [0.2, 0.25) is 0 Å². The second-order valence-electron chi connectivity index (χ2n) is 4.91. The van der Waals surface area contributed by atoms with Gasteiger partial charge in [-0.3, -0.25) is 9.36 Å². The lowest BCUT2D eigenvalue weighted by atomic mass is 10.2. The summed E-state index contributed by atoms with van der Waals surface area (Å²) in [4.78, 5) is 23.9. The maximum absolute atomic E-state index is 12.0. The Morgan fingerprint density at radius 1 is 1.14 bits per heavy atom. The van der Waals surface area contributed by atoms with E-state index in [9.17, 15) is 9.59 Å². The van der Waals surface area contributed by atoms with E-state index < -0.39 is 5.76 Å². The minimum atomic E-state index is -0.595. The van der Waals surface area contributed by atoms with Gasteiger partial charge in [-0.25, -0.2) is 4.79 Å². The van der Waals surface area contributed by atoms with Crippen LogP contribution in [0.4, 0.5) is 5.69 Å². The van der Waals surface area contributed by atoms with E-state index in [0.717, 1.165) is 5.56 Å². The van der Waals surface area contributed by atoms with Gasteiger partial charge in [0.15, 0.2) is 5.58 Å². The Balaban J connectivity index is 1.77. The third kappa shape index (κ3) is 2.71. The zero-order chi connectivity index (χ0) is 15.5. The number of hydrogen-bond acceptors (Lipinski definition) is 4. The van der Waals surface area contributed by atoms with Gasteiger partial charge >= 0.3 is 5.76 Å².